The third kappa shape index (κ3) is 3.39. The van der Waals surface area contributed by atoms with Gasteiger partial charge in [0.05, 0.1) is 17.6 Å². The molecule has 2 aromatic heterocycles. The van der Waals surface area contributed by atoms with Gasteiger partial charge in [0.1, 0.15) is 0 Å². The average Bonchev–Trinajstić information content (AvgIpc) is 3.08. The predicted octanol–water partition coefficient (Wildman–Crippen LogP) is 4.12. The molecule has 0 unspecified atom stereocenters. The van der Waals surface area contributed by atoms with Crippen LogP contribution in [0.5, 0.6) is 0 Å². The summed E-state index contributed by atoms with van der Waals surface area (Å²) in [6.45, 7) is 1.04. The van der Waals surface area contributed by atoms with Gasteiger partial charge >= 0.3 is 0 Å². The van der Waals surface area contributed by atoms with Gasteiger partial charge in [0.2, 0.25) is 5.95 Å². The van der Waals surface area contributed by atoms with Crippen molar-refractivity contribution in [3.05, 3.63) is 100 Å². The first-order chi connectivity index (χ1) is 14.7. The van der Waals surface area contributed by atoms with Gasteiger partial charge in [-0.15, -0.1) is 0 Å². The normalized spacial score (nSPS) is 11.2. The average molecular weight is 395 g/mol. The molecule has 6 nitrogen and oxygen atoms in total. The number of nitrogen functional groups attached to an aromatic ring is 1. The summed E-state index contributed by atoms with van der Waals surface area (Å²) in [7, 11) is 0. The van der Waals surface area contributed by atoms with Gasteiger partial charge < -0.3 is 20.6 Å². The lowest BCUT2D eigenvalue weighted by atomic mass is 10.1. The van der Waals surface area contributed by atoms with E-state index in [0.717, 1.165) is 33.2 Å². The molecule has 5 aromatic rings. The van der Waals surface area contributed by atoms with Crippen LogP contribution in [0, 0.1) is 0 Å². The molecule has 3 aromatic carbocycles. The van der Waals surface area contributed by atoms with Crippen LogP contribution in [0.3, 0.4) is 0 Å². The maximum Gasteiger partial charge on any atom is 0.253 e. The van der Waals surface area contributed by atoms with Crippen molar-refractivity contribution in [2.75, 3.05) is 11.1 Å². The molecule has 0 radical (unpaired) electrons. The molecular weight excluding hydrogens is 374 g/mol. The smallest absolute Gasteiger partial charge is 0.253 e. The summed E-state index contributed by atoms with van der Waals surface area (Å²) < 4.78 is 1.89. The Morgan fingerprint density at radius 1 is 0.967 bits per heavy atom. The number of hydrogen-bond acceptors (Lipinski definition) is 4. The monoisotopic (exact) mass is 395 g/mol. The molecule has 2 heterocycles. The maximum absolute atomic E-state index is 12.6. The van der Waals surface area contributed by atoms with Gasteiger partial charge in [-0.25, -0.2) is 4.98 Å². The van der Waals surface area contributed by atoms with Crippen LogP contribution in [0.25, 0.3) is 21.9 Å². The van der Waals surface area contributed by atoms with Gasteiger partial charge in [-0.2, -0.15) is 0 Å². The Labute approximate surface area is 173 Å². The number of aromatic amines is 1. The van der Waals surface area contributed by atoms with Gasteiger partial charge in [-0.05, 0) is 47.3 Å². The van der Waals surface area contributed by atoms with Crippen molar-refractivity contribution in [1.82, 2.24) is 14.5 Å². The molecule has 0 aliphatic heterocycles. The highest BCUT2D eigenvalue weighted by Crippen LogP contribution is 2.22. The number of fused-ring (bicyclic) bond motifs is 2. The number of H-pyrrole nitrogens is 1. The zero-order chi connectivity index (χ0) is 20.5. The second kappa shape index (κ2) is 7.40. The summed E-state index contributed by atoms with van der Waals surface area (Å²) in [6, 6.07) is 25.8. The number of nitrogens with two attached hydrogens (primary N) is 1. The number of hydrogen-bond donors (Lipinski definition) is 3. The summed E-state index contributed by atoms with van der Waals surface area (Å²) in [5.41, 5.74) is 11.5. The van der Waals surface area contributed by atoms with Crippen molar-refractivity contribution in [2.45, 2.75) is 13.1 Å². The SMILES string of the molecule is Nc1nc2ccc(CNc3ccccc3)cc2n1Cc1cc2ccccc2[nH]c1=O. The number of aromatic nitrogens is 3. The second-order valence-corrected chi connectivity index (χ2v) is 7.31. The Hall–Kier alpha value is -4.06. The Morgan fingerprint density at radius 2 is 1.77 bits per heavy atom. The topological polar surface area (TPSA) is 88.7 Å². The maximum atomic E-state index is 12.6. The number of benzene rings is 3. The van der Waals surface area contributed by atoms with E-state index in [-0.39, 0.29) is 5.56 Å². The lowest BCUT2D eigenvalue weighted by molar-refractivity contribution is 0.826. The minimum Gasteiger partial charge on any atom is -0.381 e. The van der Waals surface area contributed by atoms with Gasteiger partial charge in [0.15, 0.2) is 0 Å². The molecule has 0 saturated carbocycles. The number of rotatable bonds is 5. The van der Waals surface area contributed by atoms with Gasteiger partial charge in [-0.1, -0.05) is 42.5 Å². The van der Waals surface area contributed by atoms with Crippen LogP contribution < -0.4 is 16.6 Å². The summed E-state index contributed by atoms with van der Waals surface area (Å²) in [5.74, 6) is 0.394. The molecule has 0 bridgehead atoms. The highest BCUT2D eigenvalue weighted by Gasteiger charge is 2.12. The third-order valence-corrected chi connectivity index (χ3v) is 5.27. The van der Waals surface area contributed by atoms with E-state index in [1.165, 1.54) is 0 Å². The van der Waals surface area contributed by atoms with Gasteiger partial charge in [0, 0.05) is 23.3 Å². The minimum atomic E-state index is -0.114. The zero-order valence-corrected chi connectivity index (χ0v) is 16.3. The molecule has 0 saturated heterocycles. The molecule has 6 heteroatoms. The molecule has 148 valence electrons. The highest BCUT2D eigenvalue weighted by atomic mass is 16.1. The van der Waals surface area contributed by atoms with Crippen molar-refractivity contribution in [3.63, 3.8) is 0 Å². The Kier molecular flexibility index (Phi) is 4.44. The second-order valence-electron chi connectivity index (χ2n) is 7.31. The van der Waals surface area contributed by atoms with E-state index >= 15 is 0 Å². The van der Waals surface area contributed by atoms with E-state index in [2.05, 4.69) is 21.4 Å². The van der Waals surface area contributed by atoms with Crippen LogP contribution >= 0.6 is 0 Å². The number of imidazole rings is 1. The Morgan fingerprint density at radius 3 is 2.63 bits per heavy atom. The lowest BCUT2D eigenvalue weighted by Crippen LogP contribution is -2.16. The Balaban J connectivity index is 1.49. The molecule has 4 N–H and O–H groups in total. The van der Waals surface area contributed by atoms with Crippen molar-refractivity contribution >= 4 is 33.6 Å². The van der Waals surface area contributed by atoms with Crippen LogP contribution in [-0.2, 0) is 13.1 Å². The number of para-hydroxylation sites is 2. The number of nitrogens with one attached hydrogen (secondary N) is 2. The van der Waals surface area contributed by atoms with E-state index < -0.39 is 0 Å². The summed E-state index contributed by atoms with van der Waals surface area (Å²) in [4.78, 5) is 20.0. The first-order valence-electron chi connectivity index (χ1n) is 9.82. The summed E-state index contributed by atoms with van der Waals surface area (Å²) >= 11 is 0. The molecule has 0 fully saturated rings. The largest absolute Gasteiger partial charge is 0.381 e. The lowest BCUT2D eigenvalue weighted by Gasteiger charge is -2.09. The minimum absolute atomic E-state index is 0.114. The summed E-state index contributed by atoms with van der Waals surface area (Å²) in [5, 5.41) is 4.40. The first kappa shape index (κ1) is 18.0. The molecule has 0 atom stereocenters. The number of pyridine rings is 1. The number of anilines is 2. The van der Waals surface area contributed by atoms with Crippen LogP contribution in [0.1, 0.15) is 11.1 Å². The fourth-order valence-corrected chi connectivity index (χ4v) is 3.70. The predicted molar refractivity (Wildman–Crippen MR) is 122 cm³/mol. The van der Waals surface area contributed by atoms with Crippen molar-refractivity contribution in [2.24, 2.45) is 0 Å². The molecule has 0 aliphatic carbocycles. The molecule has 0 amide bonds. The van der Waals surface area contributed by atoms with Crippen molar-refractivity contribution in [1.29, 1.82) is 0 Å². The fourth-order valence-electron chi connectivity index (χ4n) is 3.70. The van der Waals surface area contributed by atoms with E-state index in [9.17, 15) is 4.79 Å². The zero-order valence-electron chi connectivity index (χ0n) is 16.3. The quantitative estimate of drug-likeness (QED) is 0.418. The van der Waals surface area contributed by atoms with E-state index in [0.29, 0.717) is 24.6 Å². The van der Waals surface area contributed by atoms with Crippen LogP contribution in [0.4, 0.5) is 11.6 Å². The van der Waals surface area contributed by atoms with E-state index in [1.54, 1.807) is 0 Å². The van der Waals surface area contributed by atoms with Crippen molar-refractivity contribution in [3.8, 4) is 0 Å². The molecular formula is C24H21N5O. The van der Waals surface area contributed by atoms with Crippen molar-refractivity contribution < 1.29 is 0 Å². The van der Waals surface area contributed by atoms with E-state index in [4.69, 9.17) is 5.73 Å². The van der Waals surface area contributed by atoms with Gasteiger partial charge in [-0.3, -0.25) is 4.79 Å². The molecule has 30 heavy (non-hydrogen) atoms. The molecule has 5 rings (SSSR count). The van der Waals surface area contributed by atoms with E-state index in [1.807, 2.05) is 77.4 Å². The fraction of sp³-hybridized carbons (Fsp3) is 0.0833. The highest BCUT2D eigenvalue weighted by molar-refractivity contribution is 5.80. The third-order valence-electron chi connectivity index (χ3n) is 5.27. The first-order valence-corrected chi connectivity index (χ1v) is 9.82. The Bertz CT molecular complexity index is 1400. The van der Waals surface area contributed by atoms with Crippen LogP contribution in [0.15, 0.2) is 83.7 Å². The summed E-state index contributed by atoms with van der Waals surface area (Å²) in [6.07, 6.45) is 0. The molecule has 0 spiro atoms. The number of nitrogens with zero attached hydrogens (tertiary/aromatic N) is 2. The standard InChI is InChI=1S/C24H21N5O/c25-24-28-21-11-10-16(14-26-19-7-2-1-3-8-19)12-22(21)29(24)15-18-13-17-6-4-5-9-20(17)27-23(18)30/h1-13,26H,14-15H2,(H2,25,28)(H,27,30). The molecule has 0 aliphatic rings. The van der Waals surface area contributed by atoms with Crippen LogP contribution in [-0.4, -0.2) is 14.5 Å². The van der Waals surface area contributed by atoms with Crippen LogP contribution in [0.2, 0.25) is 0 Å². The van der Waals surface area contributed by atoms with Gasteiger partial charge in [0.25, 0.3) is 5.56 Å².